The van der Waals surface area contributed by atoms with Gasteiger partial charge in [-0.15, -0.1) is 0 Å². The number of rotatable bonds is 7. The largest absolute Gasteiger partial charge is 0.462 e. The van der Waals surface area contributed by atoms with Crippen LogP contribution in [0.4, 0.5) is 0 Å². The Balaban J connectivity index is 1.58. The van der Waals surface area contributed by atoms with Crippen molar-refractivity contribution < 1.29 is 29.6 Å². The van der Waals surface area contributed by atoms with E-state index in [1.807, 2.05) is 25.1 Å². The van der Waals surface area contributed by atoms with Crippen molar-refractivity contribution in [2.24, 2.45) is 0 Å². The molecule has 2 fully saturated rings. The number of allylic oxidation sites excluding steroid dienone is 1. The van der Waals surface area contributed by atoms with Gasteiger partial charge in [0.1, 0.15) is 18.0 Å². The standard InChI is InChI=1S/C23H31NO6/c1-13(14(2)24-22-18(26)5-4-6-19(22)27)11-16-7-9-17(10-8-16)29-23-20(28)12-21(30-23)15(3)25/h7-11,18-24,26-28H,2,4-6,12H2,1,3H3/b13-11+. The molecule has 1 saturated heterocycles. The molecule has 1 saturated carbocycles. The van der Waals surface area contributed by atoms with Crippen LogP contribution in [0.2, 0.25) is 0 Å². The second kappa shape index (κ2) is 9.75. The SMILES string of the molecule is C=C(NC1C(O)CCCC1O)/C(C)=C/c1ccc(OC2OC(C(C)=O)CC2O)cc1. The molecule has 7 nitrogen and oxygen atoms in total. The van der Waals surface area contributed by atoms with E-state index in [9.17, 15) is 20.1 Å². The zero-order valence-corrected chi connectivity index (χ0v) is 17.5. The van der Waals surface area contributed by atoms with Crippen molar-refractivity contribution in [3.05, 3.63) is 47.7 Å². The lowest BCUT2D eigenvalue weighted by Gasteiger charge is -2.34. The summed E-state index contributed by atoms with van der Waals surface area (Å²) in [7, 11) is 0. The van der Waals surface area contributed by atoms with Crippen molar-refractivity contribution in [3.63, 3.8) is 0 Å². The highest BCUT2D eigenvalue weighted by molar-refractivity contribution is 5.80. The predicted octanol–water partition coefficient (Wildman–Crippen LogP) is 1.91. The van der Waals surface area contributed by atoms with Crippen LogP contribution < -0.4 is 10.1 Å². The Labute approximate surface area is 177 Å². The van der Waals surface area contributed by atoms with Crippen molar-refractivity contribution in [2.45, 2.75) is 76.3 Å². The van der Waals surface area contributed by atoms with Crippen LogP contribution in [0, 0.1) is 0 Å². The number of carbonyl (C=O) groups excluding carboxylic acids is 1. The third-order valence-electron chi connectivity index (χ3n) is 5.68. The first-order valence-corrected chi connectivity index (χ1v) is 10.4. The molecule has 0 radical (unpaired) electrons. The van der Waals surface area contributed by atoms with Gasteiger partial charge >= 0.3 is 0 Å². The molecular formula is C23H31NO6. The second-order valence-corrected chi connectivity index (χ2v) is 8.14. The first-order chi connectivity index (χ1) is 14.2. The van der Waals surface area contributed by atoms with Gasteiger partial charge in [-0.1, -0.05) is 24.8 Å². The van der Waals surface area contributed by atoms with Crippen molar-refractivity contribution in [1.29, 1.82) is 0 Å². The van der Waals surface area contributed by atoms with Gasteiger partial charge in [-0.05, 0) is 56.4 Å². The number of aliphatic hydroxyl groups is 3. The third-order valence-corrected chi connectivity index (χ3v) is 5.68. The van der Waals surface area contributed by atoms with Crippen LogP contribution in [0.25, 0.3) is 6.08 Å². The van der Waals surface area contributed by atoms with E-state index in [0.29, 0.717) is 24.3 Å². The molecule has 30 heavy (non-hydrogen) atoms. The quantitative estimate of drug-likeness (QED) is 0.502. The minimum Gasteiger partial charge on any atom is -0.462 e. The van der Waals surface area contributed by atoms with Gasteiger partial charge in [-0.2, -0.15) is 0 Å². The minimum absolute atomic E-state index is 0.127. The Morgan fingerprint density at radius 1 is 1.13 bits per heavy atom. The van der Waals surface area contributed by atoms with Gasteiger partial charge in [-0.25, -0.2) is 0 Å². The highest BCUT2D eigenvalue weighted by atomic mass is 16.7. The number of ketones is 1. The van der Waals surface area contributed by atoms with Gasteiger partial charge < -0.3 is 30.1 Å². The molecule has 4 N–H and O–H groups in total. The van der Waals surface area contributed by atoms with Gasteiger partial charge in [-0.3, -0.25) is 4.79 Å². The fourth-order valence-electron chi connectivity index (χ4n) is 3.78. The normalized spacial score (nSPS) is 32.0. The van der Waals surface area contributed by atoms with Crippen molar-refractivity contribution in [3.8, 4) is 5.75 Å². The van der Waals surface area contributed by atoms with E-state index in [1.54, 1.807) is 12.1 Å². The van der Waals surface area contributed by atoms with E-state index in [2.05, 4.69) is 11.9 Å². The molecule has 164 valence electrons. The fraction of sp³-hybridized carbons (Fsp3) is 0.522. The lowest BCUT2D eigenvalue weighted by atomic mass is 9.89. The molecule has 0 amide bonds. The maximum absolute atomic E-state index is 11.4. The van der Waals surface area contributed by atoms with Crippen LogP contribution in [0.15, 0.2) is 42.1 Å². The monoisotopic (exact) mass is 417 g/mol. The van der Waals surface area contributed by atoms with E-state index >= 15 is 0 Å². The van der Waals surface area contributed by atoms with Crippen LogP contribution in [0.1, 0.15) is 45.1 Å². The Morgan fingerprint density at radius 3 is 2.33 bits per heavy atom. The molecule has 5 unspecified atom stereocenters. The van der Waals surface area contributed by atoms with Crippen LogP contribution in [-0.4, -0.2) is 57.9 Å². The Kier molecular flexibility index (Phi) is 7.31. The topological polar surface area (TPSA) is 108 Å². The summed E-state index contributed by atoms with van der Waals surface area (Å²) in [4.78, 5) is 11.4. The number of hydrogen-bond acceptors (Lipinski definition) is 7. The van der Waals surface area contributed by atoms with Gasteiger partial charge in [0.15, 0.2) is 5.78 Å². The zero-order valence-electron chi connectivity index (χ0n) is 17.5. The summed E-state index contributed by atoms with van der Waals surface area (Å²) < 4.78 is 11.1. The number of aliphatic hydroxyl groups excluding tert-OH is 3. The highest BCUT2D eigenvalue weighted by Crippen LogP contribution is 2.26. The molecule has 7 heteroatoms. The summed E-state index contributed by atoms with van der Waals surface area (Å²) in [6, 6.07) is 6.84. The van der Waals surface area contributed by atoms with Crippen LogP contribution >= 0.6 is 0 Å². The Bertz CT molecular complexity index is 779. The number of carbonyl (C=O) groups is 1. The maximum Gasteiger partial charge on any atom is 0.226 e. The molecule has 2 aliphatic rings. The molecule has 5 atom stereocenters. The lowest BCUT2D eigenvalue weighted by Crippen LogP contribution is -2.50. The first kappa shape index (κ1) is 22.5. The summed E-state index contributed by atoms with van der Waals surface area (Å²) in [5, 5.41) is 33.4. The maximum atomic E-state index is 11.4. The number of benzene rings is 1. The van der Waals surface area contributed by atoms with Gasteiger partial charge in [0.25, 0.3) is 0 Å². The Morgan fingerprint density at radius 2 is 1.77 bits per heavy atom. The molecule has 1 aromatic carbocycles. The molecule has 1 aliphatic carbocycles. The Hall–Kier alpha value is -2.19. The number of hydrogen-bond donors (Lipinski definition) is 4. The van der Waals surface area contributed by atoms with Gasteiger partial charge in [0, 0.05) is 12.1 Å². The van der Waals surface area contributed by atoms with Crippen LogP contribution in [-0.2, 0) is 9.53 Å². The van der Waals surface area contributed by atoms with Crippen molar-refractivity contribution in [2.75, 3.05) is 0 Å². The molecule has 1 heterocycles. The van der Waals surface area contributed by atoms with E-state index in [4.69, 9.17) is 9.47 Å². The van der Waals surface area contributed by atoms with Gasteiger partial charge in [0.05, 0.1) is 18.2 Å². The molecule has 1 aromatic rings. The first-order valence-electron chi connectivity index (χ1n) is 10.4. The molecular weight excluding hydrogens is 386 g/mol. The molecule has 0 aromatic heterocycles. The number of Topliss-reactive ketones (excluding diaryl/α,β-unsaturated/α-hetero) is 1. The van der Waals surface area contributed by atoms with Crippen LogP contribution in [0.3, 0.4) is 0 Å². The summed E-state index contributed by atoms with van der Waals surface area (Å²) in [6.45, 7) is 7.37. The minimum atomic E-state index is -0.862. The third kappa shape index (κ3) is 5.49. The fourth-order valence-corrected chi connectivity index (χ4v) is 3.78. The van der Waals surface area contributed by atoms with Gasteiger partial charge in [0.2, 0.25) is 6.29 Å². The molecule has 0 spiro atoms. The second-order valence-electron chi connectivity index (χ2n) is 8.14. The van der Waals surface area contributed by atoms with Crippen LogP contribution in [0.5, 0.6) is 5.75 Å². The summed E-state index contributed by atoms with van der Waals surface area (Å²) >= 11 is 0. The molecule has 1 aliphatic heterocycles. The van der Waals surface area contributed by atoms with E-state index in [0.717, 1.165) is 17.6 Å². The number of nitrogens with one attached hydrogen (secondary N) is 1. The lowest BCUT2D eigenvalue weighted by molar-refractivity contribution is -0.140. The van der Waals surface area contributed by atoms with Crippen molar-refractivity contribution in [1.82, 2.24) is 5.32 Å². The summed E-state index contributed by atoms with van der Waals surface area (Å²) in [6.07, 6.45) is 0.796. The average Bonchev–Trinajstić information content (AvgIpc) is 3.07. The molecule has 0 bridgehead atoms. The average molecular weight is 418 g/mol. The van der Waals surface area contributed by atoms with Crippen molar-refractivity contribution >= 4 is 11.9 Å². The van der Waals surface area contributed by atoms with E-state index in [-0.39, 0.29) is 12.2 Å². The predicted molar refractivity (Wildman–Crippen MR) is 113 cm³/mol. The van der Waals surface area contributed by atoms with E-state index in [1.165, 1.54) is 6.92 Å². The summed E-state index contributed by atoms with van der Waals surface area (Å²) in [5.41, 5.74) is 2.45. The van der Waals surface area contributed by atoms with E-state index < -0.39 is 36.7 Å². The molecule has 3 rings (SSSR count). The highest BCUT2D eigenvalue weighted by Gasteiger charge is 2.37. The zero-order chi connectivity index (χ0) is 21.8. The smallest absolute Gasteiger partial charge is 0.226 e. The summed E-state index contributed by atoms with van der Waals surface area (Å²) in [5.74, 6) is 0.404. The number of ether oxygens (including phenoxy) is 2.